The van der Waals surface area contributed by atoms with Crippen molar-refractivity contribution in [2.75, 3.05) is 0 Å². The van der Waals surface area contributed by atoms with Crippen molar-refractivity contribution < 1.29 is 49.4 Å². The first kappa shape index (κ1) is 19.1. The van der Waals surface area contributed by atoms with Gasteiger partial charge >= 0.3 is 29.6 Å². The minimum atomic E-state index is -1.42. The minimum Gasteiger partial charge on any atom is -0.543 e. The Morgan fingerprint density at radius 2 is 2.19 bits per heavy atom. The molecule has 7 nitrogen and oxygen atoms in total. The molecule has 1 saturated heterocycles. The predicted octanol–water partition coefficient (Wildman–Crippen LogP) is -3.39. The van der Waals surface area contributed by atoms with Gasteiger partial charge in [0.25, 0.3) is 0 Å². The number of β-lactam (4-membered cyclic amide) rings is 1. The van der Waals surface area contributed by atoms with E-state index in [1.165, 1.54) is 23.2 Å². The Balaban J connectivity index is 0.00000196. The largest absolute Gasteiger partial charge is 1.00 e. The first-order valence-electron chi connectivity index (χ1n) is 7.80. The second kappa shape index (κ2) is 6.83. The van der Waals surface area contributed by atoms with Gasteiger partial charge in [0.15, 0.2) is 0 Å². The molecule has 0 unspecified atom stereocenters. The summed E-state index contributed by atoms with van der Waals surface area (Å²) < 4.78 is 1.83. The van der Waals surface area contributed by atoms with Crippen molar-refractivity contribution in [2.24, 2.45) is 11.8 Å². The van der Waals surface area contributed by atoms with Crippen LogP contribution >= 0.6 is 11.3 Å². The Labute approximate surface area is 175 Å². The molecule has 1 N–H and O–H groups in total. The van der Waals surface area contributed by atoms with E-state index in [0.29, 0.717) is 5.57 Å². The van der Waals surface area contributed by atoms with Gasteiger partial charge in [0, 0.05) is 17.7 Å². The molecule has 0 radical (unpaired) electrons. The Bertz CT molecular complexity index is 968. The molecule has 0 aromatic carbocycles. The monoisotopic (exact) mass is 379 g/mol. The number of carbonyl (C=O) groups is 2. The van der Waals surface area contributed by atoms with Crippen LogP contribution in [0, 0.1) is 23.7 Å². The molecule has 128 valence electrons. The van der Waals surface area contributed by atoms with Crippen molar-refractivity contribution in [1.82, 2.24) is 14.3 Å². The zero-order valence-electron chi connectivity index (χ0n) is 14.5. The smallest absolute Gasteiger partial charge is 0.543 e. The topological polar surface area (TPSA) is 98.0 Å². The first-order chi connectivity index (χ1) is 11.9. The Morgan fingerprint density at radius 3 is 2.81 bits per heavy atom. The molecule has 0 bridgehead atoms. The maximum absolute atomic E-state index is 12.2. The maximum atomic E-state index is 12.2. The van der Waals surface area contributed by atoms with Crippen LogP contribution in [0.1, 0.15) is 18.7 Å². The van der Waals surface area contributed by atoms with Crippen molar-refractivity contribution in [1.29, 1.82) is 0 Å². The van der Waals surface area contributed by atoms with E-state index in [1.54, 1.807) is 12.5 Å². The molecule has 1 amide bonds. The summed E-state index contributed by atoms with van der Waals surface area (Å²) in [6, 6.07) is -0.382. The number of carboxylic acids is 1. The third-order valence-electron chi connectivity index (χ3n) is 4.79. The quantitative estimate of drug-likeness (QED) is 0.334. The van der Waals surface area contributed by atoms with E-state index >= 15 is 0 Å². The molecule has 2 aliphatic heterocycles. The van der Waals surface area contributed by atoms with Gasteiger partial charge in [-0.2, -0.15) is 0 Å². The Morgan fingerprint density at radius 1 is 1.46 bits per heavy atom. The molecule has 4 heterocycles. The molecule has 4 rings (SSSR count). The number of aliphatic hydroxyl groups excluding tert-OH is 1. The molecular formula is C17H14N3NaO4S. The zero-order chi connectivity index (χ0) is 17.9. The molecule has 26 heavy (non-hydrogen) atoms. The summed E-state index contributed by atoms with van der Waals surface area (Å²) in [5, 5.41) is 21.4. The number of carbonyl (C=O) groups excluding carboxylic acids is 2. The van der Waals surface area contributed by atoms with E-state index < -0.39 is 18.0 Å². The number of rotatable bonds is 2. The fourth-order valence-electron chi connectivity index (χ4n) is 3.64. The van der Waals surface area contributed by atoms with Crippen molar-refractivity contribution in [3.63, 3.8) is 0 Å². The molecular weight excluding hydrogens is 365 g/mol. The van der Waals surface area contributed by atoms with Crippen LogP contribution < -0.4 is 34.7 Å². The fraction of sp³-hybridized carbons (Fsp3) is 0.353. The van der Waals surface area contributed by atoms with Crippen LogP contribution in [0.5, 0.6) is 0 Å². The number of amides is 1. The van der Waals surface area contributed by atoms with Gasteiger partial charge in [-0.25, -0.2) is 4.98 Å². The molecule has 1 fully saturated rings. The molecule has 4 atom stereocenters. The molecule has 9 heteroatoms. The zero-order valence-corrected chi connectivity index (χ0v) is 17.3. The normalized spacial score (nSPS) is 25.3. The molecule has 2 aliphatic rings. The summed E-state index contributed by atoms with van der Waals surface area (Å²) in [6.45, 7) is 3.36. The summed E-state index contributed by atoms with van der Waals surface area (Å²) in [5.74, 6) is 3.22. The second-order valence-corrected chi connectivity index (χ2v) is 7.35. The van der Waals surface area contributed by atoms with Gasteiger partial charge in [-0.05, 0) is 12.8 Å². The van der Waals surface area contributed by atoms with E-state index in [4.69, 9.17) is 0 Å². The number of nitrogens with zero attached hydrogens (tertiary/aromatic N) is 3. The summed E-state index contributed by atoms with van der Waals surface area (Å²) >= 11 is 1.44. The van der Waals surface area contributed by atoms with Crippen LogP contribution in [0.25, 0.3) is 4.83 Å². The van der Waals surface area contributed by atoms with E-state index in [2.05, 4.69) is 16.8 Å². The third kappa shape index (κ3) is 2.71. The molecule has 2 aromatic heterocycles. The van der Waals surface area contributed by atoms with Gasteiger partial charge < -0.3 is 19.9 Å². The molecule has 2 aromatic rings. The number of thiazole rings is 1. The van der Waals surface area contributed by atoms with Crippen molar-refractivity contribution in [3.05, 3.63) is 34.9 Å². The first-order valence-corrected chi connectivity index (χ1v) is 8.62. The molecule has 0 spiro atoms. The van der Waals surface area contributed by atoms with Crippen molar-refractivity contribution in [2.45, 2.75) is 26.0 Å². The van der Waals surface area contributed by atoms with Gasteiger partial charge in [0.1, 0.15) is 4.83 Å². The van der Waals surface area contributed by atoms with Crippen molar-refractivity contribution >= 4 is 28.0 Å². The van der Waals surface area contributed by atoms with E-state index in [-0.39, 0.29) is 53.1 Å². The number of imidazole rings is 1. The number of hydrogen-bond acceptors (Lipinski definition) is 6. The van der Waals surface area contributed by atoms with Crippen LogP contribution in [0.3, 0.4) is 0 Å². The number of carboxylic acid groups (broad SMARTS) is 1. The summed E-state index contributed by atoms with van der Waals surface area (Å²) in [7, 11) is 0. The molecule has 0 saturated carbocycles. The fourth-order valence-corrected chi connectivity index (χ4v) is 4.45. The summed E-state index contributed by atoms with van der Waals surface area (Å²) in [4.78, 5) is 30.7. The second-order valence-electron chi connectivity index (χ2n) is 6.29. The number of aromatic nitrogens is 2. The summed E-state index contributed by atoms with van der Waals surface area (Å²) in [5.41, 5.74) is 0.203. The van der Waals surface area contributed by atoms with Gasteiger partial charge in [-0.15, -0.1) is 11.3 Å². The number of hydrogen-bond donors (Lipinski definition) is 1. The van der Waals surface area contributed by atoms with Gasteiger partial charge in [0.05, 0.1) is 47.1 Å². The standard InChI is InChI=1S/C17H15N3O4S.Na/c1-8-11(4-3-10-6-19-7-18-5-12(19)25-10)15(17(23)24)20-14(8)13(9(2)21)16(20)22;/h5-9,13-14,21H,1-2H3,(H,23,24);/q;+1/p-1/t8-,9+,13+,14+;/m0./s1. The predicted molar refractivity (Wildman–Crippen MR) is 86.9 cm³/mol. The van der Waals surface area contributed by atoms with Crippen LogP contribution in [0.4, 0.5) is 0 Å². The van der Waals surface area contributed by atoms with E-state index in [0.717, 1.165) is 9.71 Å². The van der Waals surface area contributed by atoms with Gasteiger partial charge in [0.2, 0.25) is 5.91 Å². The molecule has 0 aliphatic carbocycles. The Kier molecular flexibility index (Phi) is 5.03. The maximum Gasteiger partial charge on any atom is 1.00 e. The van der Waals surface area contributed by atoms with Crippen LogP contribution in [0.15, 0.2) is 30.0 Å². The average Bonchev–Trinajstić information content (AvgIpc) is 3.16. The van der Waals surface area contributed by atoms with Crippen LogP contribution in [0.2, 0.25) is 0 Å². The van der Waals surface area contributed by atoms with E-state index in [1.807, 2.05) is 17.5 Å². The minimum absolute atomic E-state index is 0. The third-order valence-corrected chi connectivity index (χ3v) is 5.74. The number of fused-ring (bicyclic) bond motifs is 2. The number of aliphatic hydroxyl groups is 1. The van der Waals surface area contributed by atoms with Crippen molar-refractivity contribution in [3.8, 4) is 11.8 Å². The van der Waals surface area contributed by atoms with Gasteiger partial charge in [-0.1, -0.05) is 12.8 Å². The SMILES string of the molecule is C[C@@H](O)[C@H]1C(=O)N2C(C(=O)[O-])=C(C#Cc3cn4cncc4s3)[C@H](C)[C@H]12.[Na+]. The van der Waals surface area contributed by atoms with Crippen LogP contribution in [-0.4, -0.2) is 43.4 Å². The Hall–Kier alpha value is -1.63. The van der Waals surface area contributed by atoms with Gasteiger partial charge in [-0.3, -0.25) is 9.20 Å². The van der Waals surface area contributed by atoms with E-state index in [9.17, 15) is 19.8 Å². The number of aliphatic carboxylic acids is 1. The average molecular weight is 379 g/mol. The van der Waals surface area contributed by atoms with Crippen LogP contribution in [-0.2, 0) is 9.59 Å². The summed E-state index contributed by atoms with van der Waals surface area (Å²) in [6.07, 6.45) is 4.37.